The number of carbonyl (C=O) groups excluding carboxylic acids is 1. The van der Waals surface area contributed by atoms with E-state index in [2.05, 4.69) is 21.2 Å². The first kappa shape index (κ1) is 14.0. The number of hydrogen-bond acceptors (Lipinski definition) is 4. The Kier molecular flexibility index (Phi) is 4.17. The van der Waals surface area contributed by atoms with E-state index in [1.165, 1.54) is 5.56 Å². The fourth-order valence-electron chi connectivity index (χ4n) is 2.73. The SMILES string of the molecule is COCCN1CCN(Cc2cccc3cn[nH]c23)CC1=O. The minimum Gasteiger partial charge on any atom is -0.383 e. The fourth-order valence-corrected chi connectivity index (χ4v) is 2.73. The maximum atomic E-state index is 12.1. The summed E-state index contributed by atoms with van der Waals surface area (Å²) in [5.74, 6) is 0.176. The van der Waals surface area contributed by atoms with Crippen molar-refractivity contribution >= 4 is 16.8 Å². The number of para-hydroxylation sites is 1. The minimum atomic E-state index is 0.176. The largest absolute Gasteiger partial charge is 0.383 e. The first-order valence-corrected chi connectivity index (χ1v) is 7.18. The average molecular weight is 288 g/mol. The Morgan fingerprint density at radius 3 is 3.10 bits per heavy atom. The van der Waals surface area contributed by atoms with Crippen LogP contribution in [0.25, 0.3) is 10.9 Å². The van der Waals surface area contributed by atoms with E-state index in [1.54, 1.807) is 7.11 Å². The molecule has 0 radical (unpaired) electrons. The van der Waals surface area contributed by atoms with E-state index < -0.39 is 0 Å². The highest BCUT2D eigenvalue weighted by Crippen LogP contribution is 2.18. The highest BCUT2D eigenvalue weighted by molar-refractivity contribution is 5.81. The summed E-state index contributed by atoms with van der Waals surface area (Å²) in [5, 5.41) is 8.23. The zero-order chi connectivity index (χ0) is 14.7. The normalized spacial score (nSPS) is 16.8. The highest BCUT2D eigenvalue weighted by Gasteiger charge is 2.23. The summed E-state index contributed by atoms with van der Waals surface area (Å²) in [4.78, 5) is 16.2. The van der Waals surface area contributed by atoms with Gasteiger partial charge in [-0.15, -0.1) is 0 Å². The molecule has 0 saturated carbocycles. The quantitative estimate of drug-likeness (QED) is 0.886. The van der Waals surface area contributed by atoms with Crippen LogP contribution in [0.1, 0.15) is 5.56 Å². The van der Waals surface area contributed by atoms with Crippen molar-refractivity contribution < 1.29 is 9.53 Å². The molecule has 1 fully saturated rings. The molecule has 0 unspecified atom stereocenters. The maximum absolute atomic E-state index is 12.1. The van der Waals surface area contributed by atoms with Crippen molar-refractivity contribution in [1.82, 2.24) is 20.0 Å². The zero-order valence-corrected chi connectivity index (χ0v) is 12.2. The van der Waals surface area contributed by atoms with Crippen LogP contribution in [0.5, 0.6) is 0 Å². The molecule has 2 heterocycles. The number of hydrogen-bond donors (Lipinski definition) is 1. The van der Waals surface area contributed by atoms with Crippen LogP contribution in [0.15, 0.2) is 24.4 Å². The van der Waals surface area contributed by atoms with Crippen molar-refractivity contribution in [3.63, 3.8) is 0 Å². The molecule has 21 heavy (non-hydrogen) atoms. The van der Waals surface area contributed by atoms with Crippen LogP contribution in [0, 0.1) is 0 Å². The molecule has 3 rings (SSSR count). The maximum Gasteiger partial charge on any atom is 0.236 e. The Labute approximate surface area is 123 Å². The molecule has 0 bridgehead atoms. The van der Waals surface area contributed by atoms with Crippen LogP contribution < -0.4 is 0 Å². The summed E-state index contributed by atoms with van der Waals surface area (Å²) < 4.78 is 5.04. The lowest BCUT2D eigenvalue weighted by Gasteiger charge is -2.34. The van der Waals surface area contributed by atoms with Gasteiger partial charge in [-0.25, -0.2) is 0 Å². The standard InChI is InChI=1S/C15H20N4O2/c1-21-8-7-19-6-5-18(11-14(19)20)10-13-4-2-3-12-9-16-17-15(12)13/h2-4,9H,5-8,10-11H2,1H3,(H,16,17). The number of rotatable bonds is 5. The third-order valence-corrected chi connectivity index (χ3v) is 3.92. The lowest BCUT2D eigenvalue weighted by Crippen LogP contribution is -2.50. The Bertz CT molecular complexity index is 625. The summed E-state index contributed by atoms with van der Waals surface area (Å²) in [6, 6.07) is 6.16. The molecule has 0 spiro atoms. The summed E-state index contributed by atoms with van der Waals surface area (Å²) in [6.45, 7) is 4.16. The van der Waals surface area contributed by atoms with Crippen LogP contribution in [0.4, 0.5) is 0 Å². The van der Waals surface area contributed by atoms with Gasteiger partial charge in [-0.3, -0.25) is 14.8 Å². The number of carbonyl (C=O) groups is 1. The van der Waals surface area contributed by atoms with Crippen molar-refractivity contribution in [1.29, 1.82) is 0 Å². The molecule has 1 amide bonds. The lowest BCUT2D eigenvalue weighted by molar-refractivity contribution is -0.136. The van der Waals surface area contributed by atoms with Gasteiger partial charge in [-0.1, -0.05) is 18.2 Å². The first-order chi connectivity index (χ1) is 10.3. The summed E-state index contributed by atoms with van der Waals surface area (Å²) in [7, 11) is 1.66. The van der Waals surface area contributed by atoms with Crippen LogP contribution >= 0.6 is 0 Å². The van der Waals surface area contributed by atoms with Gasteiger partial charge in [-0.2, -0.15) is 5.10 Å². The molecule has 6 nitrogen and oxygen atoms in total. The van der Waals surface area contributed by atoms with Crippen LogP contribution in [0.2, 0.25) is 0 Å². The summed E-state index contributed by atoms with van der Waals surface area (Å²) in [5.41, 5.74) is 2.25. The predicted octanol–water partition coefficient (Wildman–Crippen LogP) is 0.853. The van der Waals surface area contributed by atoms with E-state index >= 15 is 0 Å². The molecule has 1 aliphatic heterocycles. The number of ether oxygens (including phenoxy) is 1. The van der Waals surface area contributed by atoms with E-state index in [4.69, 9.17) is 4.74 Å². The number of aromatic amines is 1. The van der Waals surface area contributed by atoms with Crippen molar-refractivity contribution in [2.24, 2.45) is 0 Å². The average Bonchev–Trinajstić information content (AvgIpc) is 2.96. The monoisotopic (exact) mass is 288 g/mol. The number of nitrogens with one attached hydrogen (secondary N) is 1. The molecule has 1 aliphatic rings. The molecule has 6 heteroatoms. The molecule has 112 valence electrons. The van der Waals surface area contributed by atoms with Gasteiger partial charge in [0.1, 0.15) is 0 Å². The molecule has 1 N–H and O–H groups in total. The molecular weight excluding hydrogens is 268 g/mol. The molecular formula is C15H20N4O2. The van der Waals surface area contributed by atoms with E-state index in [1.807, 2.05) is 23.2 Å². The van der Waals surface area contributed by atoms with E-state index in [0.717, 1.165) is 30.5 Å². The smallest absolute Gasteiger partial charge is 0.236 e. The molecule has 0 atom stereocenters. The number of benzene rings is 1. The van der Waals surface area contributed by atoms with Gasteiger partial charge in [-0.05, 0) is 5.56 Å². The Balaban J connectivity index is 1.64. The number of H-pyrrole nitrogens is 1. The third-order valence-electron chi connectivity index (χ3n) is 3.92. The summed E-state index contributed by atoms with van der Waals surface area (Å²) >= 11 is 0. The minimum absolute atomic E-state index is 0.176. The second-order valence-corrected chi connectivity index (χ2v) is 5.34. The summed E-state index contributed by atoms with van der Waals surface area (Å²) in [6.07, 6.45) is 1.83. The molecule has 0 aliphatic carbocycles. The lowest BCUT2D eigenvalue weighted by atomic mass is 10.1. The number of nitrogens with zero attached hydrogens (tertiary/aromatic N) is 3. The van der Waals surface area contributed by atoms with Gasteiger partial charge in [0.05, 0.1) is 24.9 Å². The van der Waals surface area contributed by atoms with Gasteiger partial charge in [0.25, 0.3) is 0 Å². The Morgan fingerprint density at radius 1 is 1.38 bits per heavy atom. The third kappa shape index (κ3) is 3.06. The van der Waals surface area contributed by atoms with Gasteiger partial charge in [0.2, 0.25) is 5.91 Å². The van der Waals surface area contributed by atoms with E-state index in [-0.39, 0.29) is 5.91 Å². The number of methoxy groups -OCH3 is 1. The molecule has 1 saturated heterocycles. The van der Waals surface area contributed by atoms with Crippen molar-refractivity contribution in [2.45, 2.75) is 6.54 Å². The number of piperazine rings is 1. The van der Waals surface area contributed by atoms with E-state index in [0.29, 0.717) is 19.7 Å². The second-order valence-electron chi connectivity index (χ2n) is 5.34. The number of fused-ring (bicyclic) bond motifs is 1. The Morgan fingerprint density at radius 2 is 2.29 bits per heavy atom. The molecule has 1 aromatic heterocycles. The van der Waals surface area contributed by atoms with Crippen LogP contribution in [-0.2, 0) is 16.1 Å². The predicted molar refractivity (Wildman–Crippen MR) is 79.8 cm³/mol. The van der Waals surface area contributed by atoms with Crippen molar-refractivity contribution in [3.05, 3.63) is 30.0 Å². The number of aromatic nitrogens is 2. The molecule has 2 aromatic rings. The van der Waals surface area contributed by atoms with Gasteiger partial charge in [0.15, 0.2) is 0 Å². The fraction of sp³-hybridized carbons (Fsp3) is 0.467. The first-order valence-electron chi connectivity index (χ1n) is 7.18. The zero-order valence-electron chi connectivity index (χ0n) is 12.2. The topological polar surface area (TPSA) is 61.5 Å². The van der Waals surface area contributed by atoms with Crippen molar-refractivity contribution in [2.75, 3.05) is 39.9 Å². The van der Waals surface area contributed by atoms with Crippen molar-refractivity contribution in [3.8, 4) is 0 Å². The van der Waals surface area contributed by atoms with Gasteiger partial charge >= 0.3 is 0 Å². The van der Waals surface area contributed by atoms with Crippen LogP contribution in [0.3, 0.4) is 0 Å². The molecule has 1 aromatic carbocycles. The van der Waals surface area contributed by atoms with Crippen LogP contribution in [-0.4, -0.2) is 65.8 Å². The second kappa shape index (κ2) is 6.24. The van der Waals surface area contributed by atoms with Gasteiger partial charge < -0.3 is 9.64 Å². The number of amides is 1. The Hall–Kier alpha value is -1.92. The highest BCUT2D eigenvalue weighted by atomic mass is 16.5. The van der Waals surface area contributed by atoms with Gasteiger partial charge in [0, 0.05) is 38.7 Å². The van der Waals surface area contributed by atoms with E-state index in [9.17, 15) is 4.79 Å².